The molecule has 7 heteroatoms. The molecule has 21 heavy (non-hydrogen) atoms. The van der Waals surface area contributed by atoms with Gasteiger partial charge in [0, 0.05) is 6.54 Å². The molecule has 0 bridgehead atoms. The molecule has 0 saturated carbocycles. The molecule has 1 fully saturated rings. The van der Waals surface area contributed by atoms with Crippen LogP contribution in [0.15, 0.2) is 18.2 Å². The van der Waals surface area contributed by atoms with Gasteiger partial charge < -0.3 is 14.8 Å². The second kappa shape index (κ2) is 6.34. The lowest BCUT2D eigenvalue weighted by atomic mass is 10.1. The lowest BCUT2D eigenvalue weighted by Gasteiger charge is -2.12. The first-order valence-electron chi connectivity index (χ1n) is 6.64. The summed E-state index contributed by atoms with van der Waals surface area (Å²) in [7, 11) is 0.0602. The van der Waals surface area contributed by atoms with Crippen molar-refractivity contribution < 1.29 is 22.7 Å². The molecule has 0 spiro atoms. The van der Waals surface area contributed by atoms with Crippen molar-refractivity contribution in [1.82, 2.24) is 5.32 Å². The van der Waals surface area contributed by atoms with E-state index >= 15 is 0 Å². The molecular weight excluding hydrogens is 294 g/mol. The molecule has 1 aliphatic heterocycles. The van der Waals surface area contributed by atoms with Crippen molar-refractivity contribution in [3.05, 3.63) is 23.8 Å². The fourth-order valence-electron chi connectivity index (χ4n) is 2.33. The molecule has 1 N–H and O–H groups in total. The number of ether oxygens (including phenoxy) is 2. The SMILES string of the molecule is COc1ccc(CNC(=O)[C@@H]2CCS(=O)(=O)C2)cc1OC. The maximum absolute atomic E-state index is 12.0. The summed E-state index contributed by atoms with van der Waals surface area (Å²) in [5.74, 6) is 0.606. The minimum Gasteiger partial charge on any atom is -0.493 e. The number of hydrogen-bond donors (Lipinski definition) is 1. The van der Waals surface area contributed by atoms with E-state index in [0.717, 1.165) is 5.56 Å². The van der Waals surface area contributed by atoms with Gasteiger partial charge in [-0.1, -0.05) is 6.07 Å². The molecule has 0 aromatic heterocycles. The highest BCUT2D eigenvalue weighted by Crippen LogP contribution is 2.27. The van der Waals surface area contributed by atoms with E-state index in [0.29, 0.717) is 24.5 Å². The molecule has 1 heterocycles. The van der Waals surface area contributed by atoms with Crippen LogP contribution in [0.3, 0.4) is 0 Å². The first kappa shape index (κ1) is 15.6. The minimum atomic E-state index is -3.04. The summed E-state index contributed by atoms with van der Waals surface area (Å²) in [6, 6.07) is 5.37. The third-order valence-corrected chi connectivity index (χ3v) is 5.29. The molecule has 1 aromatic rings. The normalized spacial score (nSPS) is 20.0. The first-order valence-corrected chi connectivity index (χ1v) is 8.46. The van der Waals surface area contributed by atoms with Crippen LogP contribution in [0.5, 0.6) is 11.5 Å². The molecule has 1 saturated heterocycles. The Morgan fingerprint density at radius 2 is 2.00 bits per heavy atom. The van der Waals surface area contributed by atoms with Crippen molar-refractivity contribution >= 4 is 15.7 Å². The summed E-state index contributed by atoms with van der Waals surface area (Å²) in [6.45, 7) is 0.329. The van der Waals surface area contributed by atoms with Gasteiger partial charge in [-0.05, 0) is 24.1 Å². The van der Waals surface area contributed by atoms with Crippen molar-refractivity contribution in [2.24, 2.45) is 5.92 Å². The summed E-state index contributed by atoms with van der Waals surface area (Å²) >= 11 is 0. The summed E-state index contributed by atoms with van der Waals surface area (Å²) in [5.41, 5.74) is 0.863. The van der Waals surface area contributed by atoms with Crippen LogP contribution in [0.4, 0.5) is 0 Å². The zero-order valence-electron chi connectivity index (χ0n) is 12.1. The fraction of sp³-hybridized carbons (Fsp3) is 0.500. The van der Waals surface area contributed by atoms with Crippen LogP contribution in [0, 0.1) is 5.92 Å². The van der Waals surface area contributed by atoms with Gasteiger partial charge >= 0.3 is 0 Å². The highest BCUT2D eigenvalue weighted by Gasteiger charge is 2.32. The molecule has 1 atom stereocenters. The van der Waals surface area contributed by atoms with Crippen LogP contribution < -0.4 is 14.8 Å². The van der Waals surface area contributed by atoms with E-state index in [9.17, 15) is 13.2 Å². The number of carbonyl (C=O) groups is 1. The maximum Gasteiger partial charge on any atom is 0.224 e. The lowest BCUT2D eigenvalue weighted by Crippen LogP contribution is -2.30. The third-order valence-electron chi connectivity index (χ3n) is 3.52. The largest absolute Gasteiger partial charge is 0.493 e. The van der Waals surface area contributed by atoms with E-state index in [4.69, 9.17) is 9.47 Å². The second-order valence-corrected chi connectivity index (χ2v) is 7.24. The number of methoxy groups -OCH3 is 2. The van der Waals surface area contributed by atoms with E-state index in [-0.39, 0.29) is 17.4 Å². The van der Waals surface area contributed by atoms with Gasteiger partial charge in [0.15, 0.2) is 21.3 Å². The number of benzene rings is 1. The van der Waals surface area contributed by atoms with Crippen LogP contribution in [-0.4, -0.2) is 40.1 Å². The van der Waals surface area contributed by atoms with Gasteiger partial charge in [0.25, 0.3) is 0 Å². The average Bonchev–Trinajstić information content (AvgIpc) is 2.84. The van der Waals surface area contributed by atoms with Crippen molar-refractivity contribution in [3.63, 3.8) is 0 Å². The summed E-state index contributed by atoms with van der Waals surface area (Å²) in [5, 5.41) is 2.77. The Balaban J connectivity index is 1.95. The Hall–Kier alpha value is -1.76. The molecule has 1 aliphatic rings. The molecule has 2 rings (SSSR count). The molecular formula is C14H19NO5S. The standard InChI is InChI=1S/C14H19NO5S/c1-19-12-4-3-10(7-13(12)20-2)8-15-14(16)11-5-6-21(17,18)9-11/h3-4,7,11H,5-6,8-9H2,1-2H3,(H,15,16)/t11-/m1/s1. The van der Waals surface area contributed by atoms with Crippen LogP contribution in [-0.2, 0) is 21.2 Å². The van der Waals surface area contributed by atoms with E-state index in [1.807, 2.05) is 6.07 Å². The maximum atomic E-state index is 12.0. The van der Waals surface area contributed by atoms with Crippen LogP contribution >= 0.6 is 0 Å². The van der Waals surface area contributed by atoms with Crippen molar-refractivity contribution in [3.8, 4) is 11.5 Å². The van der Waals surface area contributed by atoms with Gasteiger partial charge in [0.05, 0.1) is 31.6 Å². The molecule has 1 aromatic carbocycles. The smallest absolute Gasteiger partial charge is 0.224 e. The second-order valence-electron chi connectivity index (χ2n) is 5.01. The molecule has 1 amide bonds. The topological polar surface area (TPSA) is 81.7 Å². The minimum absolute atomic E-state index is 0.0508. The van der Waals surface area contributed by atoms with E-state index in [1.165, 1.54) is 0 Å². The summed E-state index contributed by atoms with van der Waals surface area (Å²) in [4.78, 5) is 12.0. The number of sulfone groups is 1. The summed E-state index contributed by atoms with van der Waals surface area (Å²) < 4.78 is 33.1. The van der Waals surface area contributed by atoms with Gasteiger partial charge in [-0.25, -0.2) is 8.42 Å². The van der Waals surface area contributed by atoms with E-state index < -0.39 is 15.8 Å². The highest BCUT2D eigenvalue weighted by molar-refractivity contribution is 7.91. The number of rotatable bonds is 5. The molecule has 0 unspecified atom stereocenters. The average molecular weight is 313 g/mol. The predicted molar refractivity (Wildman–Crippen MR) is 78.2 cm³/mol. The molecule has 0 radical (unpaired) electrons. The van der Waals surface area contributed by atoms with Crippen LogP contribution in [0.2, 0.25) is 0 Å². The molecule has 0 aliphatic carbocycles. The van der Waals surface area contributed by atoms with E-state index in [2.05, 4.69) is 5.32 Å². The first-order chi connectivity index (χ1) is 9.95. The van der Waals surface area contributed by atoms with Crippen molar-refractivity contribution in [1.29, 1.82) is 0 Å². The van der Waals surface area contributed by atoms with Gasteiger partial charge in [-0.3, -0.25) is 4.79 Å². The van der Waals surface area contributed by atoms with Gasteiger partial charge in [-0.2, -0.15) is 0 Å². The number of nitrogens with one attached hydrogen (secondary N) is 1. The number of hydrogen-bond acceptors (Lipinski definition) is 5. The Bertz CT molecular complexity index is 626. The molecule has 116 valence electrons. The lowest BCUT2D eigenvalue weighted by molar-refractivity contribution is -0.124. The quantitative estimate of drug-likeness (QED) is 0.867. The van der Waals surface area contributed by atoms with Crippen molar-refractivity contribution in [2.75, 3.05) is 25.7 Å². The fourth-order valence-corrected chi connectivity index (χ4v) is 4.07. The summed E-state index contributed by atoms with van der Waals surface area (Å²) in [6.07, 6.45) is 0.403. The van der Waals surface area contributed by atoms with Crippen LogP contribution in [0.25, 0.3) is 0 Å². The van der Waals surface area contributed by atoms with E-state index in [1.54, 1.807) is 26.4 Å². The third kappa shape index (κ3) is 3.87. The monoisotopic (exact) mass is 313 g/mol. The van der Waals surface area contributed by atoms with Gasteiger partial charge in [0.1, 0.15) is 0 Å². The Morgan fingerprint density at radius 3 is 2.57 bits per heavy atom. The Morgan fingerprint density at radius 1 is 1.29 bits per heavy atom. The molecule has 6 nitrogen and oxygen atoms in total. The highest BCUT2D eigenvalue weighted by atomic mass is 32.2. The Labute approximate surface area is 124 Å². The number of amides is 1. The zero-order chi connectivity index (χ0) is 15.5. The zero-order valence-corrected chi connectivity index (χ0v) is 12.9. The van der Waals surface area contributed by atoms with Crippen LogP contribution in [0.1, 0.15) is 12.0 Å². The van der Waals surface area contributed by atoms with Gasteiger partial charge in [-0.15, -0.1) is 0 Å². The van der Waals surface area contributed by atoms with Crippen molar-refractivity contribution in [2.45, 2.75) is 13.0 Å². The Kier molecular flexibility index (Phi) is 4.72. The predicted octanol–water partition coefficient (Wildman–Crippen LogP) is 0.755. The van der Waals surface area contributed by atoms with Gasteiger partial charge in [0.2, 0.25) is 5.91 Å². The number of carbonyl (C=O) groups excluding carboxylic acids is 1.